The van der Waals surface area contributed by atoms with Crippen LogP contribution >= 0.6 is 0 Å². The third-order valence-corrected chi connectivity index (χ3v) is 8.47. The lowest BCUT2D eigenvalue weighted by molar-refractivity contribution is -0.173. The van der Waals surface area contributed by atoms with Crippen LogP contribution in [0.3, 0.4) is 0 Å². The molecule has 0 saturated heterocycles. The third-order valence-electron chi connectivity index (χ3n) is 8.47. The van der Waals surface area contributed by atoms with E-state index < -0.39 is 58.2 Å². The Morgan fingerprint density at radius 2 is 1.31 bits per heavy atom. The highest BCUT2D eigenvalue weighted by Gasteiger charge is 2.54. The average molecular weight is 671 g/mol. The molecule has 0 radical (unpaired) electrons. The van der Waals surface area contributed by atoms with Crippen LogP contribution in [0.1, 0.15) is 82.9 Å². The summed E-state index contributed by atoms with van der Waals surface area (Å²) in [4.78, 5) is 37.7. The Morgan fingerprint density at radius 1 is 0.708 bits per heavy atom. The SMILES string of the molecule is CNC(=O)c1cccc(C(C)(c2ccc(C(=O)O)c(C(=O)Nc3ccc(C(c4ccc(C)cc4C)C(F)(F)F)c(C)c3)c2)C(F)(F)F)c1. The van der Waals surface area contributed by atoms with Crippen molar-refractivity contribution < 1.29 is 45.8 Å². The van der Waals surface area contributed by atoms with E-state index in [0.29, 0.717) is 5.56 Å². The van der Waals surface area contributed by atoms with E-state index in [4.69, 9.17) is 0 Å². The fourth-order valence-corrected chi connectivity index (χ4v) is 5.78. The number of carboxylic acids is 1. The number of amides is 2. The minimum absolute atomic E-state index is 0.00130. The van der Waals surface area contributed by atoms with Gasteiger partial charge in [0.15, 0.2) is 0 Å². The molecule has 0 saturated carbocycles. The molecule has 0 aliphatic rings. The van der Waals surface area contributed by atoms with Crippen LogP contribution in [0.5, 0.6) is 0 Å². The summed E-state index contributed by atoms with van der Waals surface area (Å²) >= 11 is 0. The quantitative estimate of drug-likeness (QED) is 0.164. The number of aromatic carboxylic acids is 1. The van der Waals surface area contributed by atoms with Crippen molar-refractivity contribution in [3.05, 3.63) is 134 Å². The predicted octanol–water partition coefficient (Wildman–Crippen LogP) is 8.48. The average Bonchev–Trinajstić information content (AvgIpc) is 3.00. The molecule has 4 aromatic rings. The Labute approximate surface area is 272 Å². The van der Waals surface area contributed by atoms with Gasteiger partial charge in [-0.2, -0.15) is 26.3 Å². The molecule has 0 aliphatic heterocycles. The molecule has 6 nitrogen and oxygen atoms in total. The summed E-state index contributed by atoms with van der Waals surface area (Å²) < 4.78 is 87.7. The Hall–Kier alpha value is -5.13. The van der Waals surface area contributed by atoms with E-state index in [9.17, 15) is 45.8 Å². The summed E-state index contributed by atoms with van der Waals surface area (Å²) in [6.45, 7) is 5.63. The summed E-state index contributed by atoms with van der Waals surface area (Å²) in [5, 5.41) is 14.6. The lowest BCUT2D eigenvalue weighted by Gasteiger charge is -2.34. The number of hydrogen-bond acceptors (Lipinski definition) is 3. The highest BCUT2D eigenvalue weighted by molar-refractivity contribution is 6.11. The number of aryl methyl sites for hydroxylation is 3. The summed E-state index contributed by atoms with van der Waals surface area (Å²) in [6.07, 6.45) is -9.62. The zero-order valence-corrected chi connectivity index (χ0v) is 26.5. The van der Waals surface area contributed by atoms with E-state index in [1.54, 1.807) is 26.0 Å². The number of carbonyl (C=O) groups is 3. The Morgan fingerprint density at radius 3 is 1.85 bits per heavy atom. The summed E-state index contributed by atoms with van der Waals surface area (Å²) in [5.41, 5.74) is -3.45. The normalized spacial score (nSPS) is 13.7. The van der Waals surface area contributed by atoms with Gasteiger partial charge in [0.25, 0.3) is 11.8 Å². The van der Waals surface area contributed by atoms with Crippen molar-refractivity contribution in [1.29, 1.82) is 0 Å². The molecule has 2 amide bonds. The van der Waals surface area contributed by atoms with Crippen molar-refractivity contribution in [3.8, 4) is 0 Å². The lowest BCUT2D eigenvalue weighted by atomic mass is 9.74. The van der Waals surface area contributed by atoms with Gasteiger partial charge in [-0.05, 0) is 97.5 Å². The van der Waals surface area contributed by atoms with Crippen molar-refractivity contribution in [2.24, 2.45) is 0 Å². The number of rotatable bonds is 8. The Bertz CT molecular complexity index is 1900. The maximum absolute atomic E-state index is 14.8. The standard InChI is InChI=1S/C36H32F6N2O4/c1-19-9-12-26(20(2)15-19)30(35(37,38)39)27-14-11-25(16-21(27)3)44-32(46)29-18-24(10-13-28(29)33(47)48)34(4,36(40,41)42)23-8-6-7-22(17-23)31(45)43-5/h6-18,30H,1-5H3,(H,43,45)(H,44,46)(H,47,48). The van der Waals surface area contributed by atoms with Crippen LogP contribution in [0.25, 0.3) is 0 Å². The van der Waals surface area contributed by atoms with Crippen LogP contribution in [0.2, 0.25) is 0 Å². The van der Waals surface area contributed by atoms with Gasteiger partial charge in [-0.25, -0.2) is 4.79 Å². The number of carbonyl (C=O) groups excluding carboxylic acids is 2. The monoisotopic (exact) mass is 670 g/mol. The first-order chi connectivity index (χ1) is 22.3. The third kappa shape index (κ3) is 6.92. The molecular weight excluding hydrogens is 638 g/mol. The molecule has 0 bridgehead atoms. The van der Waals surface area contributed by atoms with Crippen LogP contribution < -0.4 is 10.6 Å². The first-order valence-electron chi connectivity index (χ1n) is 14.6. The number of hydrogen-bond donors (Lipinski definition) is 3. The molecule has 12 heteroatoms. The molecule has 252 valence electrons. The largest absolute Gasteiger partial charge is 0.478 e. The maximum Gasteiger partial charge on any atom is 0.402 e. The smallest absolute Gasteiger partial charge is 0.402 e. The van der Waals surface area contributed by atoms with E-state index in [1.165, 1.54) is 56.4 Å². The zero-order valence-electron chi connectivity index (χ0n) is 26.5. The fraction of sp³-hybridized carbons (Fsp3) is 0.250. The highest BCUT2D eigenvalue weighted by Crippen LogP contribution is 2.47. The van der Waals surface area contributed by atoms with Crippen molar-refractivity contribution in [3.63, 3.8) is 0 Å². The number of halogens is 6. The Kier molecular flexibility index (Phi) is 9.80. The van der Waals surface area contributed by atoms with E-state index in [-0.39, 0.29) is 33.5 Å². The van der Waals surface area contributed by atoms with E-state index >= 15 is 0 Å². The summed E-state index contributed by atoms with van der Waals surface area (Å²) in [5.74, 6) is -5.28. The van der Waals surface area contributed by atoms with Gasteiger partial charge in [0, 0.05) is 18.3 Å². The number of carboxylic acid groups (broad SMARTS) is 1. The highest BCUT2D eigenvalue weighted by atomic mass is 19.4. The zero-order chi connectivity index (χ0) is 35.8. The molecule has 4 rings (SSSR count). The van der Waals surface area contributed by atoms with Gasteiger partial charge in [0.2, 0.25) is 0 Å². The molecular formula is C36H32F6N2O4. The Balaban J connectivity index is 1.77. The minimum atomic E-state index is -4.97. The topological polar surface area (TPSA) is 95.5 Å². The molecule has 2 unspecified atom stereocenters. The van der Waals surface area contributed by atoms with Crippen molar-refractivity contribution in [2.75, 3.05) is 12.4 Å². The number of nitrogens with one attached hydrogen (secondary N) is 2. The van der Waals surface area contributed by atoms with Crippen LogP contribution in [-0.2, 0) is 5.41 Å². The first kappa shape index (κ1) is 35.7. The van der Waals surface area contributed by atoms with Gasteiger partial charge in [0.1, 0.15) is 11.3 Å². The molecule has 48 heavy (non-hydrogen) atoms. The molecule has 0 aromatic heterocycles. The van der Waals surface area contributed by atoms with Crippen LogP contribution in [-0.4, -0.2) is 42.3 Å². The van der Waals surface area contributed by atoms with E-state index in [0.717, 1.165) is 36.8 Å². The van der Waals surface area contributed by atoms with E-state index in [1.807, 2.05) is 0 Å². The molecule has 0 heterocycles. The lowest BCUT2D eigenvalue weighted by Crippen LogP contribution is -2.41. The second-order valence-electron chi connectivity index (χ2n) is 11.7. The number of benzene rings is 4. The maximum atomic E-state index is 14.8. The first-order valence-corrected chi connectivity index (χ1v) is 14.6. The van der Waals surface area contributed by atoms with Gasteiger partial charge < -0.3 is 15.7 Å². The fourth-order valence-electron chi connectivity index (χ4n) is 5.78. The van der Waals surface area contributed by atoms with Crippen molar-refractivity contribution >= 4 is 23.5 Å². The van der Waals surface area contributed by atoms with Gasteiger partial charge in [0.05, 0.1) is 11.1 Å². The van der Waals surface area contributed by atoms with Gasteiger partial charge >= 0.3 is 18.3 Å². The molecule has 3 N–H and O–H groups in total. The molecule has 0 aliphatic carbocycles. The van der Waals surface area contributed by atoms with Gasteiger partial charge in [-0.15, -0.1) is 0 Å². The van der Waals surface area contributed by atoms with Gasteiger partial charge in [-0.3, -0.25) is 9.59 Å². The van der Waals surface area contributed by atoms with Crippen LogP contribution in [0, 0.1) is 20.8 Å². The van der Waals surface area contributed by atoms with E-state index in [2.05, 4.69) is 10.6 Å². The summed E-state index contributed by atoms with van der Waals surface area (Å²) in [7, 11) is 1.32. The molecule has 2 atom stereocenters. The van der Waals surface area contributed by atoms with Crippen LogP contribution in [0.4, 0.5) is 32.0 Å². The number of anilines is 1. The number of alkyl halides is 6. The molecule has 4 aromatic carbocycles. The van der Waals surface area contributed by atoms with Crippen molar-refractivity contribution in [2.45, 2.75) is 51.4 Å². The second-order valence-corrected chi connectivity index (χ2v) is 11.7. The van der Waals surface area contributed by atoms with Gasteiger partial charge in [-0.1, -0.05) is 48.0 Å². The second kappa shape index (κ2) is 13.2. The van der Waals surface area contributed by atoms with Crippen LogP contribution in [0.15, 0.2) is 78.9 Å². The molecule has 0 fully saturated rings. The minimum Gasteiger partial charge on any atom is -0.478 e. The van der Waals surface area contributed by atoms with Crippen molar-refractivity contribution in [1.82, 2.24) is 5.32 Å². The predicted molar refractivity (Wildman–Crippen MR) is 169 cm³/mol. The summed E-state index contributed by atoms with van der Waals surface area (Å²) in [6, 6.07) is 15.8. The molecule has 0 spiro atoms.